The average molecular weight is 372 g/mol. The Morgan fingerprint density at radius 1 is 1.04 bits per heavy atom. The van der Waals surface area contributed by atoms with Gasteiger partial charge in [-0.05, 0) is 30.5 Å². The maximum absolute atomic E-state index is 12.2. The number of hydrogen-bond acceptors (Lipinski definition) is 4. The molecule has 2 aromatic carbocycles. The van der Waals surface area contributed by atoms with Gasteiger partial charge >= 0.3 is 0 Å². The first kappa shape index (κ1) is 20.0. The van der Waals surface area contributed by atoms with Crippen molar-refractivity contribution in [3.05, 3.63) is 59.7 Å². The van der Waals surface area contributed by atoms with Gasteiger partial charge < -0.3 is 10.1 Å². The summed E-state index contributed by atoms with van der Waals surface area (Å²) in [5.74, 6) is 1.47. The van der Waals surface area contributed by atoms with Crippen molar-refractivity contribution in [2.45, 2.75) is 26.7 Å². The van der Waals surface area contributed by atoms with Gasteiger partial charge in [0.2, 0.25) is 5.91 Å². The summed E-state index contributed by atoms with van der Waals surface area (Å²) in [7, 11) is 0. The second kappa shape index (κ2) is 10.0. The largest absolute Gasteiger partial charge is 0.492 e. The fourth-order valence-electron chi connectivity index (χ4n) is 2.41. The van der Waals surface area contributed by atoms with Crippen LogP contribution in [0.3, 0.4) is 0 Å². The molecule has 0 aliphatic heterocycles. The Morgan fingerprint density at radius 3 is 2.38 bits per heavy atom. The molecule has 0 radical (unpaired) electrons. The highest BCUT2D eigenvalue weighted by Gasteiger charge is 2.11. The third-order valence-electron chi connectivity index (χ3n) is 3.83. The zero-order valence-electron chi connectivity index (χ0n) is 15.5. The number of carbonyl (C=O) groups is 2. The van der Waals surface area contributed by atoms with E-state index in [2.05, 4.69) is 19.2 Å². The molecule has 138 valence electrons. The number of thioether (sulfide) groups is 1. The summed E-state index contributed by atoms with van der Waals surface area (Å²) >= 11 is 1.31. The van der Waals surface area contributed by atoms with E-state index in [1.165, 1.54) is 17.3 Å². The minimum atomic E-state index is -0.148. The molecule has 1 amide bonds. The molecule has 0 spiro atoms. The van der Waals surface area contributed by atoms with Crippen LogP contribution in [0.4, 0.5) is 5.69 Å². The van der Waals surface area contributed by atoms with Gasteiger partial charge in [-0.3, -0.25) is 9.59 Å². The number of anilines is 1. The number of Topliss-reactive ketones (excluding diaryl/α,β-unsaturated/α-hetero) is 1. The van der Waals surface area contributed by atoms with Crippen molar-refractivity contribution < 1.29 is 14.3 Å². The summed E-state index contributed by atoms with van der Waals surface area (Å²) in [6.07, 6.45) is 0. The molecular formula is C21H25NO3S. The maximum atomic E-state index is 12.2. The Bertz CT molecular complexity index is 741. The monoisotopic (exact) mass is 371 g/mol. The van der Waals surface area contributed by atoms with Gasteiger partial charge in [0.1, 0.15) is 5.75 Å². The van der Waals surface area contributed by atoms with Crippen LogP contribution in [0.5, 0.6) is 5.75 Å². The van der Waals surface area contributed by atoms with Crippen LogP contribution in [0.1, 0.15) is 42.6 Å². The van der Waals surface area contributed by atoms with Crippen molar-refractivity contribution in [3.8, 4) is 5.75 Å². The molecule has 0 unspecified atom stereocenters. The first-order valence-corrected chi connectivity index (χ1v) is 9.89. The van der Waals surface area contributed by atoms with Crippen LogP contribution in [0.15, 0.2) is 48.5 Å². The van der Waals surface area contributed by atoms with E-state index < -0.39 is 0 Å². The normalized spacial score (nSPS) is 10.6. The van der Waals surface area contributed by atoms with Crippen LogP contribution in [0, 0.1) is 0 Å². The second-order valence-electron chi connectivity index (χ2n) is 6.17. The molecule has 0 bridgehead atoms. The number of carbonyl (C=O) groups excluding carboxylic acids is 2. The summed E-state index contributed by atoms with van der Waals surface area (Å²) in [6.45, 7) is 6.67. The lowest BCUT2D eigenvalue weighted by Gasteiger charge is -2.11. The van der Waals surface area contributed by atoms with Gasteiger partial charge in [-0.15, -0.1) is 11.8 Å². The van der Waals surface area contributed by atoms with Crippen molar-refractivity contribution in [2.24, 2.45) is 0 Å². The lowest BCUT2D eigenvalue weighted by molar-refractivity contribution is -0.113. The molecule has 2 rings (SSSR count). The smallest absolute Gasteiger partial charge is 0.234 e. The van der Waals surface area contributed by atoms with Gasteiger partial charge in [0.05, 0.1) is 23.8 Å². The standard InChI is InChI=1S/C21H25NO3S/c1-4-25-20-8-6-5-7-18(20)22-21(24)14-26-13-19(23)17-11-9-16(10-12-17)15(2)3/h5-12,15H,4,13-14H2,1-3H3,(H,22,24). The highest BCUT2D eigenvalue weighted by molar-refractivity contribution is 8.00. The van der Waals surface area contributed by atoms with Gasteiger partial charge in [-0.2, -0.15) is 0 Å². The van der Waals surface area contributed by atoms with E-state index in [0.717, 1.165) is 0 Å². The minimum absolute atomic E-state index is 0.0350. The van der Waals surface area contributed by atoms with Crippen LogP contribution >= 0.6 is 11.8 Å². The number of rotatable bonds is 9. The van der Waals surface area contributed by atoms with E-state index in [9.17, 15) is 9.59 Å². The van der Waals surface area contributed by atoms with E-state index in [1.807, 2.05) is 49.4 Å². The zero-order chi connectivity index (χ0) is 18.9. The lowest BCUT2D eigenvalue weighted by atomic mass is 10.0. The molecule has 0 aliphatic rings. The fraction of sp³-hybridized carbons (Fsp3) is 0.333. The summed E-state index contributed by atoms with van der Waals surface area (Å²) in [4.78, 5) is 24.3. The van der Waals surface area contributed by atoms with E-state index in [0.29, 0.717) is 29.5 Å². The summed E-state index contributed by atoms with van der Waals surface area (Å²) in [5.41, 5.74) is 2.54. The third kappa shape index (κ3) is 5.92. The molecule has 2 aromatic rings. The predicted molar refractivity (Wildman–Crippen MR) is 108 cm³/mol. The number of hydrogen-bond donors (Lipinski definition) is 1. The molecule has 0 saturated heterocycles. The number of para-hydroxylation sites is 2. The molecule has 0 atom stereocenters. The Morgan fingerprint density at radius 2 is 1.73 bits per heavy atom. The molecule has 0 aromatic heterocycles. The Hall–Kier alpha value is -2.27. The topological polar surface area (TPSA) is 55.4 Å². The van der Waals surface area contributed by atoms with Gasteiger partial charge in [0.25, 0.3) is 0 Å². The van der Waals surface area contributed by atoms with E-state index in [1.54, 1.807) is 6.07 Å². The van der Waals surface area contributed by atoms with Crippen LogP contribution in [0.25, 0.3) is 0 Å². The molecule has 0 fully saturated rings. The molecule has 0 saturated carbocycles. The average Bonchev–Trinajstić information content (AvgIpc) is 2.63. The molecular weight excluding hydrogens is 346 g/mol. The number of nitrogens with one attached hydrogen (secondary N) is 1. The Labute approximate surface area is 159 Å². The molecule has 26 heavy (non-hydrogen) atoms. The molecule has 4 nitrogen and oxygen atoms in total. The highest BCUT2D eigenvalue weighted by Crippen LogP contribution is 2.24. The van der Waals surface area contributed by atoms with Gasteiger partial charge in [-0.1, -0.05) is 50.2 Å². The molecule has 0 aliphatic carbocycles. The SMILES string of the molecule is CCOc1ccccc1NC(=O)CSCC(=O)c1ccc(C(C)C)cc1. The predicted octanol–water partition coefficient (Wildman–Crippen LogP) is 4.76. The van der Waals surface area contributed by atoms with Crippen molar-refractivity contribution in [1.82, 2.24) is 0 Å². The maximum Gasteiger partial charge on any atom is 0.234 e. The van der Waals surface area contributed by atoms with Crippen molar-refractivity contribution in [3.63, 3.8) is 0 Å². The Balaban J connectivity index is 1.82. The summed E-state index contributed by atoms with van der Waals surface area (Å²) in [6, 6.07) is 15.0. The number of ether oxygens (including phenoxy) is 1. The number of ketones is 1. The lowest BCUT2D eigenvalue weighted by Crippen LogP contribution is -2.16. The van der Waals surface area contributed by atoms with Crippen molar-refractivity contribution in [1.29, 1.82) is 0 Å². The van der Waals surface area contributed by atoms with Crippen LogP contribution in [0.2, 0.25) is 0 Å². The number of amides is 1. The van der Waals surface area contributed by atoms with E-state index >= 15 is 0 Å². The van der Waals surface area contributed by atoms with Gasteiger partial charge in [-0.25, -0.2) is 0 Å². The third-order valence-corrected chi connectivity index (χ3v) is 4.76. The molecule has 0 heterocycles. The molecule has 5 heteroatoms. The summed E-state index contributed by atoms with van der Waals surface area (Å²) in [5, 5.41) is 2.83. The summed E-state index contributed by atoms with van der Waals surface area (Å²) < 4.78 is 5.49. The first-order chi connectivity index (χ1) is 12.5. The highest BCUT2D eigenvalue weighted by atomic mass is 32.2. The van der Waals surface area contributed by atoms with Gasteiger partial charge in [0.15, 0.2) is 5.78 Å². The van der Waals surface area contributed by atoms with Crippen LogP contribution < -0.4 is 10.1 Å². The van der Waals surface area contributed by atoms with Crippen molar-refractivity contribution >= 4 is 29.1 Å². The molecule has 1 N–H and O–H groups in total. The quantitative estimate of drug-likeness (QED) is 0.646. The second-order valence-corrected chi connectivity index (χ2v) is 7.16. The van der Waals surface area contributed by atoms with E-state index in [-0.39, 0.29) is 23.2 Å². The zero-order valence-corrected chi connectivity index (χ0v) is 16.3. The van der Waals surface area contributed by atoms with Crippen molar-refractivity contribution in [2.75, 3.05) is 23.4 Å². The van der Waals surface area contributed by atoms with Crippen LogP contribution in [-0.4, -0.2) is 29.8 Å². The minimum Gasteiger partial charge on any atom is -0.492 e. The number of benzene rings is 2. The fourth-order valence-corrected chi connectivity index (χ4v) is 3.12. The van der Waals surface area contributed by atoms with E-state index in [4.69, 9.17) is 4.74 Å². The van der Waals surface area contributed by atoms with Crippen LogP contribution in [-0.2, 0) is 4.79 Å². The van der Waals surface area contributed by atoms with Gasteiger partial charge in [0, 0.05) is 5.56 Å². The first-order valence-electron chi connectivity index (χ1n) is 8.73. The Kier molecular flexibility index (Phi) is 7.73.